The van der Waals surface area contributed by atoms with Crippen molar-refractivity contribution >= 4 is 40.4 Å². The lowest BCUT2D eigenvalue weighted by Crippen LogP contribution is -2.74. The minimum Gasteiger partial charge on any atom is -0.505 e. The minimum atomic E-state index is -2.74. The van der Waals surface area contributed by atoms with E-state index in [1.54, 1.807) is 33.1 Å². The van der Waals surface area contributed by atoms with E-state index in [2.05, 4.69) is 0 Å². The zero-order valence-electron chi connectivity index (χ0n) is 19.4. The molecule has 3 aliphatic rings. The monoisotopic (exact) mass is 472 g/mol. The molecule has 4 unspecified atom stereocenters. The van der Waals surface area contributed by atoms with E-state index >= 15 is 0 Å². The molecule has 1 aromatic carbocycles. The number of carbonyl (C=O) groups is 5. The SMILES string of the molecule is CN(C)c1cc(N)c(O)c2c1CC1CC3[C@H](N(C)C)C(=O)C(C(N)=O)C(=O)[C@@]3(O)C(=O)C1C2=O. The van der Waals surface area contributed by atoms with Crippen LogP contribution >= 0.6 is 0 Å². The van der Waals surface area contributed by atoms with E-state index in [-0.39, 0.29) is 24.1 Å². The Morgan fingerprint density at radius 3 is 2.26 bits per heavy atom. The maximum atomic E-state index is 13.7. The van der Waals surface area contributed by atoms with Crippen molar-refractivity contribution in [1.29, 1.82) is 0 Å². The number of aliphatic hydroxyl groups is 1. The lowest BCUT2D eigenvalue weighted by molar-refractivity contribution is -0.181. The fraction of sp³-hybridized carbons (Fsp3) is 0.522. The number of rotatable bonds is 3. The van der Waals surface area contributed by atoms with Crippen LogP contribution in [0.5, 0.6) is 5.75 Å². The molecule has 0 aliphatic heterocycles. The number of carbonyl (C=O) groups excluding carboxylic acids is 5. The number of ketones is 4. The van der Waals surface area contributed by atoms with E-state index < -0.39 is 70.1 Å². The van der Waals surface area contributed by atoms with Gasteiger partial charge in [-0.3, -0.25) is 28.9 Å². The first kappa shape index (κ1) is 23.8. The van der Waals surface area contributed by atoms with Gasteiger partial charge in [-0.1, -0.05) is 0 Å². The van der Waals surface area contributed by atoms with E-state index in [1.165, 1.54) is 11.0 Å². The number of anilines is 2. The number of benzene rings is 1. The zero-order valence-corrected chi connectivity index (χ0v) is 19.4. The average Bonchev–Trinajstić information content (AvgIpc) is 2.72. The summed E-state index contributed by atoms with van der Waals surface area (Å²) in [4.78, 5) is 68.7. The van der Waals surface area contributed by atoms with Gasteiger partial charge < -0.3 is 26.6 Å². The smallest absolute Gasteiger partial charge is 0.235 e. The number of amides is 1. The Bertz CT molecular complexity index is 1160. The average molecular weight is 472 g/mol. The molecule has 4 rings (SSSR count). The number of likely N-dealkylation sites (N-methyl/N-ethyl adjacent to an activating group) is 1. The molecule has 182 valence electrons. The van der Waals surface area contributed by atoms with E-state index in [4.69, 9.17) is 11.5 Å². The predicted octanol–water partition coefficient (Wildman–Crippen LogP) is -1.48. The maximum Gasteiger partial charge on any atom is 0.235 e. The van der Waals surface area contributed by atoms with Crippen molar-refractivity contribution in [3.8, 4) is 5.75 Å². The van der Waals surface area contributed by atoms with Crippen molar-refractivity contribution in [2.75, 3.05) is 38.8 Å². The maximum absolute atomic E-state index is 13.7. The van der Waals surface area contributed by atoms with Crippen molar-refractivity contribution in [2.24, 2.45) is 29.4 Å². The topological polar surface area (TPSA) is 184 Å². The molecule has 2 fully saturated rings. The molecule has 0 bridgehead atoms. The van der Waals surface area contributed by atoms with Gasteiger partial charge in [-0.05, 0) is 44.5 Å². The van der Waals surface area contributed by atoms with Gasteiger partial charge in [0.05, 0.1) is 23.2 Å². The molecule has 2 saturated carbocycles. The summed E-state index contributed by atoms with van der Waals surface area (Å²) >= 11 is 0. The summed E-state index contributed by atoms with van der Waals surface area (Å²) in [6.45, 7) is 0. The van der Waals surface area contributed by atoms with Crippen LogP contribution in [0.4, 0.5) is 11.4 Å². The van der Waals surface area contributed by atoms with Crippen molar-refractivity contribution in [3.63, 3.8) is 0 Å². The van der Waals surface area contributed by atoms with Crippen LogP contribution in [0.2, 0.25) is 0 Å². The Balaban J connectivity index is 1.91. The first-order valence-electron chi connectivity index (χ1n) is 10.9. The Hall–Kier alpha value is -3.31. The van der Waals surface area contributed by atoms with Crippen LogP contribution in [0, 0.1) is 23.7 Å². The summed E-state index contributed by atoms with van der Waals surface area (Å²) in [5, 5.41) is 22.1. The molecule has 11 nitrogen and oxygen atoms in total. The molecular formula is C23H28N4O7. The van der Waals surface area contributed by atoms with Crippen LogP contribution in [-0.2, 0) is 25.6 Å². The quantitative estimate of drug-likeness (QED) is 0.230. The number of hydrogen-bond donors (Lipinski definition) is 4. The number of nitrogens with two attached hydrogens (primary N) is 2. The number of fused-ring (bicyclic) bond motifs is 3. The standard InChI is InChI=1S/C23H28N4O7/c1-26(2)12-7-11(24)17(28)14-9(12)5-8-6-10-16(27(3)4)19(30)15(22(25)33)21(32)23(10,34)20(31)13(8)18(14)29/h7-8,10,13,15-16,28,34H,5-6,24H2,1-4H3,(H2,25,33)/t8?,10?,13?,15?,16-,23-/m0/s1. The second-order valence-electron chi connectivity index (χ2n) is 9.87. The van der Waals surface area contributed by atoms with Crippen LogP contribution < -0.4 is 16.4 Å². The fourth-order valence-electron chi connectivity index (χ4n) is 6.07. The van der Waals surface area contributed by atoms with Gasteiger partial charge in [0.25, 0.3) is 0 Å². The van der Waals surface area contributed by atoms with Crippen LogP contribution in [0.1, 0.15) is 22.3 Å². The van der Waals surface area contributed by atoms with Crippen LogP contribution in [0.3, 0.4) is 0 Å². The van der Waals surface area contributed by atoms with Crippen molar-refractivity contribution in [1.82, 2.24) is 4.90 Å². The van der Waals surface area contributed by atoms with Crippen LogP contribution in [0.25, 0.3) is 0 Å². The minimum absolute atomic E-state index is 0.00189. The van der Waals surface area contributed by atoms with Gasteiger partial charge in [0, 0.05) is 25.7 Å². The number of nitrogen functional groups attached to an aromatic ring is 1. The predicted molar refractivity (Wildman–Crippen MR) is 120 cm³/mol. The number of phenolic OH excluding ortho intramolecular Hbond substituents is 1. The Kier molecular flexibility index (Phi) is 5.33. The number of nitrogens with zero attached hydrogens (tertiary/aromatic N) is 2. The van der Waals surface area contributed by atoms with Gasteiger partial charge in [0.15, 0.2) is 34.7 Å². The second-order valence-corrected chi connectivity index (χ2v) is 9.87. The lowest BCUT2D eigenvalue weighted by Gasteiger charge is -2.52. The highest BCUT2D eigenvalue weighted by Crippen LogP contribution is 2.52. The highest BCUT2D eigenvalue weighted by molar-refractivity contribution is 6.32. The lowest BCUT2D eigenvalue weighted by atomic mass is 9.52. The van der Waals surface area contributed by atoms with Crippen molar-refractivity contribution in [3.05, 3.63) is 17.2 Å². The van der Waals surface area contributed by atoms with Gasteiger partial charge in [0.2, 0.25) is 5.91 Å². The Morgan fingerprint density at radius 2 is 1.74 bits per heavy atom. The second kappa shape index (κ2) is 7.60. The third-order valence-corrected chi connectivity index (χ3v) is 7.55. The summed E-state index contributed by atoms with van der Waals surface area (Å²) in [5.74, 6) is -10.8. The molecule has 34 heavy (non-hydrogen) atoms. The molecule has 1 aromatic rings. The molecule has 11 heteroatoms. The summed E-state index contributed by atoms with van der Waals surface area (Å²) in [5.41, 5.74) is 9.41. The van der Waals surface area contributed by atoms with Gasteiger partial charge in [-0.25, -0.2) is 0 Å². The molecule has 0 aromatic heterocycles. The van der Waals surface area contributed by atoms with E-state index in [0.29, 0.717) is 11.3 Å². The van der Waals surface area contributed by atoms with E-state index in [0.717, 1.165) is 0 Å². The largest absolute Gasteiger partial charge is 0.505 e. The number of primary amides is 1. The molecule has 1 amide bonds. The third kappa shape index (κ3) is 2.93. The zero-order chi connectivity index (χ0) is 25.4. The van der Waals surface area contributed by atoms with Crippen LogP contribution in [-0.4, -0.2) is 84.0 Å². The molecule has 6 N–H and O–H groups in total. The fourth-order valence-corrected chi connectivity index (χ4v) is 6.07. The number of hydrogen-bond acceptors (Lipinski definition) is 10. The Labute approximate surface area is 195 Å². The van der Waals surface area contributed by atoms with Gasteiger partial charge in [-0.15, -0.1) is 0 Å². The molecule has 0 heterocycles. The highest BCUT2D eigenvalue weighted by atomic mass is 16.3. The normalized spacial score (nSPS) is 32.8. The molecule has 0 radical (unpaired) electrons. The van der Waals surface area contributed by atoms with E-state index in [9.17, 15) is 34.2 Å². The van der Waals surface area contributed by atoms with Crippen molar-refractivity contribution in [2.45, 2.75) is 24.5 Å². The molecule has 0 saturated heterocycles. The molecular weight excluding hydrogens is 444 g/mol. The summed E-state index contributed by atoms with van der Waals surface area (Å²) in [6.07, 6.45) is 0.190. The Morgan fingerprint density at radius 1 is 1.12 bits per heavy atom. The van der Waals surface area contributed by atoms with Gasteiger partial charge in [0.1, 0.15) is 5.75 Å². The summed E-state index contributed by atoms with van der Waals surface area (Å²) in [6, 6.07) is 0.408. The number of phenols is 1. The third-order valence-electron chi connectivity index (χ3n) is 7.55. The molecule has 6 atom stereocenters. The highest BCUT2D eigenvalue weighted by Gasteiger charge is 2.69. The number of Topliss-reactive ketones (excluding diaryl/α,β-unsaturated/α-hetero) is 4. The van der Waals surface area contributed by atoms with Crippen LogP contribution in [0.15, 0.2) is 6.07 Å². The molecule has 0 spiro atoms. The van der Waals surface area contributed by atoms with Gasteiger partial charge >= 0.3 is 0 Å². The summed E-state index contributed by atoms with van der Waals surface area (Å²) in [7, 11) is 6.58. The first-order valence-corrected chi connectivity index (χ1v) is 10.9. The first-order chi connectivity index (χ1) is 15.7. The van der Waals surface area contributed by atoms with Gasteiger partial charge in [-0.2, -0.15) is 0 Å². The molecule has 3 aliphatic carbocycles. The number of aromatic hydroxyl groups is 1. The summed E-state index contributed by atoms with van der Waals surface area (Å²) < 4.78 is 0. The van der Waals surface area contributed by atoms with Crippen molar-refractivity contribution < 1.29 is 34.2 Å². The van der Waals surface area contributed by atoms with E-state index in [1.807, 2.05) is 0 Å².